The quantitative estimate of drug-likeness (QED) is 0.915. The van der Waals surface area contributed by atoms with E-state index in [1.54, 1.807) is 11.8 Å². The van der Waals surface area contributed by atoms with Gasteiger partial charge in [-0.3, -0.25) is 14.5 Å². The number of para-hydroxylation sites is 1. The summed E-state index contributed by atoms with van der Waals surface area (Å²) in [6, 6.07) is 7.00. The minimum absolute atomic E-state index is 0.0110. The van der Waals surface area contributed by atoms with E-state index in [1.807, 2.05) is 31.2 Å². The fourth-order valence-corrected chi connectivity index (χ4v) is 2.66. The van der Waals surface area contributed by atoms with Crippen LogP contribution in [0.2, 0.25) is 0 Å². The average molecular weight is 274 g/mol. The van der Waals surface area contributed by atoms with Gasteiger partial charge in [0.05, 0.1) is 0 Å². The minimum Gasteiger partial charge on any atom is -0.343 e. The monoisotopic (exact) mass is 274 g/mol. The van der Waals surface area contributed by atoms with Crippen molar-refractivity contribution in [1.82, 2.24) is 5.32 Å². The van der Waals surface area contributed by atoms with Gasteiger partial charge in [0.2, 0.25) is 11.8 Å². The summed E-state index contributed by atoms with van der Waals surface area (Å²) in [5, 5.41) is 2.79. The summed E-state index contributed by atoms with van der Waals surface area (Å²) in [5.74, 6) is -0.0918. The molecule has 2 rings (SSSR count). The molecule has 1 heterocycles. The predicted molar refractivity (Wildman–Crippen MR) is 79.6 cm³/mol. The first kappa shape index (κ1) is 14.6. The van der Waals surface area contributed by atoms with Gasteiger partial charge >= 0.3 is 0 Å². The highest BCUT2D eigenvalue weighted by molar-refractivity contribution is 6.08. The maximum Gasteiger partial charge on any atom is 0.250 e. The molecule has 0 aromatic heterocycles. The Labute approximate surface area is 120 Å². The van der Waals surface area contributed by atoms with E-state index in [1.165, 1.54) is 0 Å². The number of nitrogens with one attached hydrogen (secondary N) is 1. The van der Waals surface area contributed by atoms with E-state index < -0.39 is 12.1 Å². The molecule has 108 valence electrons. The summed E-state index contributed by atoms with van der Waals surface area (Å²) in [7, 11) is 0. The Morgan fingerprint density at radius 2 is 1.90 bits per heavy atom. The second kappa shape index (κ2) is 6.07. The Balaban J connectivity index is 2.42. The van der Waals surface area contributed by atoms with Crippen LogP contribution in [-0.4, -0.2) is 23.9 Å². The van der Waals surface area contributed by atoms with Gasteiger partial charge in [-0.05, 0) is 31.4 Å². The molecule has 0 bridgehead atoms. The van der Waals surface area contributed by atoms with Crippen LogP contribution in [-0.2, 0) is 16.0 Å². The summed E-state index contributed by atoms with van der Waals surface area (Å²) < 4.78 is 0. The van der Waals surface area contributed by atoms with Crippen LogP contribution in [0.5, 0.6) is 0 Å². The van der Waals surface area contributed by atoms with Crippen molar-refractivity contribution < 1.29 is 9.59 Å². The average Bonchev–Trinajstić information content (AvgIpc) is 2.45. The zero-order valence-corrected chi connectivity index (χ0v) is 12.3. The molecule has 1 aliphatic rings. The van der Waals surface area contributed by atoms with Gasteiger partial charge in [0.15, 0.2) is 0 Å². The summed E-state index contributed by atoms with van der Waals surface area (Å²) in [5.41, 5.74) is 2.00. The first-order chi connectivity index (χ1) is 9.60. The maximum atomic E-state index is 12.6. The first-order valence-corrected chi connectivity index (χ1v) is 7.31. The highest BCUT2D eigenvalue weighted by atomic mass is 16.2. The molecule has 4 heteroatoms. The molecule has 2 atom stereocenters. The molecule has 1 aliphatic heterocycles. The Morgan fingerprint density at radius 1 is 1.20 bits per heavy atom. The number of nitrogens with zero attached hydrogens (tertiary/aromatic N) is 1. The van der Waals surface area contributed by atoms with E-state index in [4.69, 9.17) is 0 Å². The number of piperazine rings is 1. The lowest BCUT2D eigenvalue weighted by Crippen LogP contribution is -2.62. The van der Waals surface area contributed by atoms with Crippen LogP contribution in [0.4, 0.5) is 5.69 Å². The maximum absolute atomic E-state index is 12.6. The van der Waals surface area contributed by atoms with Crippen LogP contribution in [0.15, 0.2) is 24.3 Å². The predicted octanol–water partition coefficient (Wildman–Crippen LogP) is 2.27. The van der Waals surface area contributed by atoms with Crippen molar-refractivity contribution in [3.63, 3.8) is 0 Å². The fraction of sp³-hybridized carbons (Fsp3) is 0.500. The Kier molecular flexibility index (Phi) is 4.42. The smallest absolute Gasteiger partial charge is 0.250 e. The number of benzene rings is 1. The lowest BCUT2D eigenvalue weighted by atomic mass is 10.0. The van der Waals surface area contributed by atoms with Crippen LogP contribution < -0.4 is 10.2 Å². The van der Waals surface area contributed by atoms with E-state index in [0.717, 1.165) is 24.1 Å². The summed E-state index contributed by atoms with van der Waals surface area (Å²) in [6.45, 7) is 5.80. The lowest BCUT2D eigenvalue weighted by Gasteiger charge is -2.38. The summed E-state index contributed by atoms with van der Waals surface area (Å²) in [4.78, 5) is 26.3. The van der Waals surface area contributed by atoms with E-state index in [-0.39, 0.29) is 11.8 Å². The Bertz CT molecular complexity index is 513. The van der Waals surface area contributed by atoms with Crippen molar-refractivity contribution in [3.05, 3.63) is 29.8 Å². The van der Waals surface area contributed by atoms with Crippen LogP contribution in [0.3, 0.4) is 0 Å². The largest absolute Gasteiger partial charge is 0.343 e. The number of aryl methyl sites for hydroxylation is 1. The number of carbonyl (C=O) groups is 2. The lowest BCUT2D eigenvalue weighted by molar-refractivity contribution is -0.133. The molecule has 2 unspecified atom stereocenters. The van der Waals surface area contributed by atoms with Crippen molar-refractivity contribution in [2.24, 2.45) is 0 Å². The van der Waals surface area contributed by atoms with Crippen molar-refractivity contribution >= 4 is 17.5 Å². The van der Waals surface area contributed by atoms with Crippen molar-refractivity contribution in [3.8, 4) is 0 Å². The van der Waals surface area contributed by atoms with Gasteiger partial charge in [0.1, 0.15) is 12.1 Å². The van der Waals surface area contributed by atoms with E-state index in [2.05, 4.69) is 12.2 Å². The van der Waals surface area contributed by atoms with Gasteiger partial charge in [0.25, 0.3) is 0 Å². The molecular formula is C16H22N2O2. The van der Waals surface area contributed by atoms with Gasteiger partial charge in [-0.2, -0.15) is 0 Å². The molecule has 1 aromatic rings. The molecule has 1 aromatic carbocycles. The molecule has 2 amide bonds. The van der Waals surface area contributed by atoms with Crippen LogP contribution in [0, 0.1) is 0 Å². The van der Waals surface area contributed by atoms with Crippen LogP contribution in [0.25, 0.3) is 0 Å². The number of hydrogen-bond donors (Lipinski definition) is 1. The van der Waals surface area contributed by atoms with Crippen molar-refractivity contribution in [2.45, 2.75) is 52.1 Å². The number of carbonyl (C=O) groups excluding carboxylic acids is 2. The van der Waals surface area contributed by atoms with Gasteiger partial charge in [-0.1, -0.05) is 38.5 Å². The highest BCUT2D eigenvalue weighted by Gasteiger charge is 2.38. The number of anilines is 1. The third-order valence-corrected chi connectivity index (χ3v) is 3.80. The van der Waals surface area contributed by atoms with Gasteiger partial charge in [0, 0.05) is 5.69 Å². The zero-order valence-electron chi connectivity index (χ0n) is 12.3. The summed E-state index contributed by atoms with van der Waals surface area (Å²) in [6.07, 6.45) is 2.53. The topological polar surface area (TPSA) is 49.4 Å². The van der Waals surface area contributed by atoms with E-state index in [0.29, 0.717) is 6.42 Å². The zero-order chi connectivity index (χ0) is 14.7. The number of rotatable bonds is 4. The van der Waals surface area contributed by atoms with Crippen molar-refractivity contribution in [1.29, 1.82) is 0 Å². The van der Waals surface area contributed by atoms with Crippen molar-refractivity contribution in [2.75, 3.05) is 4.90 Å². The first-order valence-electron chi connectivity index (χ1n) is 7.31. The van der Waals surface area contributed by atoms with Crippen LogP contribution in [0.1, 0.15) is 39.2 Å². The standard InChI is InChI=1S/C16H22N2O2/c1-4-8-12-9-6-7-10-14(12)18-11(3)15(19)17-13(5-2)16(18)20/h6-7,9-11,13H,4-5,8H2,1-3H3,(H,17,19). The summed E-state index contributed by atoms with van der Waals surface area (Å²) >= 11 is 0. The fourth-order valence-electron chi connectivity index (χ4n) is 2.66. The Morgan fingerprint density at radius 3 is 2.55 bits per heavy atom. The minimum atomic E-state index is -0.455. The third kappa shape index (κ3) is 2.55. The molecule has 0 radical (unpaired) electrons. The molecule has 0 spiro atoms. The molecule has 0 aliphatic carbocycles. The highest BCUT2D eigenvalue weighted by Crippen LogP contribution is 2.27. The molecule has 1 saturated heterocycles. The Hall–Kier alpha value is -1.84. The van der Waals surface area contributed by atoms with Gasteiger partial charge in [-0.15, -0.1) is 0 Å². The molecular weight excluding hydrogens is 252 g/mol. The number of amides is 2. The molecule has 1 fully saturated rings. The molecule has 1 N–H and O–H groups in total. The van der Waals surface area contributed by atoms with E-state index >= 15 is 0 Å². The second-order valence-corrected chi connectivity index (χ2v) is 5.23. The second-order valence-electron chi connectivity index (χ2n) is 5.23. The molecule has 0 saturated carbocycles. The third-order valence-electron chi connectivity index (χ3n) is 3.80. The van der Waals surface area contributed by atoms with Gasteiger partial charge < -0.3 is 5.32 Å². The SMILES string of the molecule is CCCc1ccccc1N1C(=O)C(CC)NC(=O)C1C. The van der Waals surface area contributed by atoms with Crippen LogP contribution >= 0.6 is 0 Å². The number of hydrogen-bond acceptors (Lipinski definition) is 2. The van der Waals surface area contributed by atoms with Gasteiger partial charge in [-0.25, -0.2) is 0 Å². The molecule has 20 heavy (non-hydrogen) atoms. The molecule has 4 nitrogen and oxygen atoms in total. The normalized spacial score (nSPS) is 22.9. The van der Waals surface area contributed by atoms with E-state index in [9.17, 15) is 9.59 Å².